The second kappa shape index (κ2) is 7.43. The van der Waals surface area contributed by atoms with Crippen LogP contribution in [0.1, 0.15) is 49.0 Å². The Hall–Kier alpha value is -1.84. The van der Waals surface area contributed by atoms with Gasteiger partial charge >= 0.3 is 5.97 Å². The SMILES string of the molecule is Cc1cccc(C(=O)OCC(=O)N[C@@H]2CCC[C@H](C)[C@H]2C)c1. The molecule has 22 heavy (non-hydrogen) atoms. The van der Waals surface area contributed by atoms with E-state index in [0.29, 0.717) is 17.4 Å². The van der Waals surface area contributed by atoms with Crippen LogP contribution in [0, 0.1) is 18.8 Å². The first-order valence-electron chi connectivity index (χ1n) is 8.00. The Morgan fingerprint density at radius 3 is 2.77 bits per heavy atom. The van der Waals surface area contributed by atoms with E-state index < -0.39 is 5.97 Å². The molecule has 0 aliphatic heterocycles. The van der Waals surface area contributed by atoms with Gasteiger partial charge < -0.3 is 10.1 Å². The van der Waals surface area contributed by atoms with Crippen LogP contribution < -0.4 is 5.32 Å². The zero-order valence-electron chi connectivity index (χ0n) is 13.6. The molecule has 1 fully saturated rings. The number of amides is 1. The van der Waals surface area contributed by atoms with Crippen molar-refractivity contribution in [3.63, 3.8) is 0 Å². The maximum Gasteiger partial charge on any atom is 0.338 e. The van der Waals surface area contributed by atoms with E-state index in [-0.39, 0.29) is 18.6 Å². The quantitative estimate of drug-likeness (QED) is 0.870. The third-order valence-electron chi connectivity index (χ3n) is 4.64. The number of hydrogen-bond donors (Lipinski definition) is 1. The monoisotopic (exact) mass is 303 g/mol. The second-order valence-electron chi connectivity index (χ2n) is 6.39. The molecule has 1 N–H and O–H groups in total. The van der Waals surface area contributed by atoms with E-state index in [0.717, 1.165) is 18.4 Å². The Kier molecular flexibility index (Phi) is 5.58. The van der Waals surface area contributed by atoms with E-state index in [1.165, 1.54) is 6.42 Å². The second-order valence-corrected chi connectivity index (χ2v) is 6.39. The van der Waals surface area contributed by atoms with Gasteiger partial charge in [-0.1, -0.05) is 44.4 Å². The molecular weight excluding hydrogens is 278 g/mol. The number of aryl methyl sites for hydroxylation is 1. The summed E-state index contributed by atoms with van der Waals surface area (Å²) in [5, 5.41) is 3.00. The molecule has 0 radical (unpaired) electrons. The summed E-state index contributed by atoms with van der Waals surface area (Å²) >= 11 is 0. The Bertz CT molecular complexity index is 541. The van der Waals surface area contributed by atoms with Gasteiger partial charge in [0, 0.05) is 6.04 Å². The third kappa shape index (κ3) is 4.33. The minimum atomic E-state index is -0.455. The number of benzene rings is 1. The van der Waals surface area contributed by atoms with E-state index in [9.17, 15) is 9.59 Å². The maximum atomic E-state index is 12.0. The Morgan fingerprint density at radius 2 is 2.05 bits per heavy atom. The summed E-state index contributed by atoms with van der Waals surface area (Å²) in [4.78, 5) is 23.9. The molecule has 2 rings (SSSR count). The van der Waals surface area contributed by atoms with Crippen molar-refractivity contribution >= 4 is 11.9 Å². The molecule has 0 aromatic heterocycles. The molecule has 0 heterocycles. The molecule has 1 amide bonds. The van der Waals surface area contributed by atoms with Gasteiger partial charge in [-0.25, -0.2) is 4.79 Å². The van der Waals surface area contributed by atoms with Crippen LogP contribution in [0.4, 0.5) is 0 Å². The molecule has 4 nitrogen and oxygen atoms in total. The van der Waals surface area contributed by atoms with Gasteiger partial charge in [-0.3, -0.25) is 4.79 Å². The van der Waals surface area contributed by atoms with Gasteiger partial charge in [0.2, 0.25) is 0 Å². The lowest BCUT2D eigenvalue weighted by Crippen LogP contribution is -2.45. The van der Waals surface area contributed by atoms with Crippen LogP contribution in [0.15, 0.2) is 24.3 Å². The van der Waals surface area contributed by atoms with Gasteiger partial charge in [0.25, 0.3) is 5.91 Å². The summed E-state index contributed by atoms with van der Waals surface area (Å²) in [6.07, 6.45) is 3.36. The van der Waals surface area contributed by atoms with Crippen molar-refractivity contribution in [2.24, 2.45) is 11.8 Å². The predicted molar refractivity (Wildman–Crippen MR) is 85.6 cm³/mol. The fourth-order valence-corrected chi connectivity index (χ4v) is 3.02. The lowest BCUT2D eigenvalue weighted by molar-refractivity contribution is -0.125. The van der Waals surface area contributed by atoms with Crippen LogP contribution in [0.3, 0.4) is 0 Å². The molecule has 1 aliphatic rings. The average molecular weight is 303 g/mol. The van der Waals surface area contributed by atoms with Gasteiger partial charge in [-0.2, -0.15) is 0 Å². The van der Waals surface area contributed by atoms with Gasteiger partial charge in [-0.15, -0.1) is 0 Å². The zero-order valence-corrected chi connectivity index (χ0v) is 13.6. The van der Waals surface area contributed by atoms with E-state index in [4.69, 9.17) is 4.74 Å². The smallest absolute Gasteiger partial charge is 0.338 e. The fraction of sp³-hybridized carbons (Fsp3) is 0.556. The van der Waals surface area contributed by atoms with Crippen molar-refractivity contribution in [1.82, 2.24) is 5.32 Å². The van der Waals surface area contributed by atoms with Crippen molar-refractivity contribution in [2.75, 3.05) is 6.61 Å². The predicted octanol–water partition coefficient (Wildman–Crippen LogP) is 3.09. The highest BCUT2D eigenvalue weighted by Crippen LogP contribution is 2.29. The summed E-state index contributed by atoms with van der Waals surface area (Å²) in [5.74, 6) is 0.412. The molecular formula is C18H25NO3. The summed E-state index contributed by atoms with van der Waals surface area (Å²) in [6, 6.07) is 7.35. The minimum Gasteiger partial charge on any atom is -0.452 e. The first-order valence-corrected chi connectivity index (χ1v) is 8.00. The first kappa shape index (κ1) is 16.5. The number of hydrogen-bond acceptors (Lipinski definition) is 3. The van der Waals surface area contributed by atoms with E-state index in [1.807, 2.05) is 13.0 Å². The van der Waals surface area contributed by atoms with Crippen molar-refractivity contribution in [2.45, 2.75) is 46.1 Å². The highest BCUT2D eigenvalue weighted by Gasteiger charge is 2.28. The molecule has 0 bridgehead atoms. The number of ether oxygens (including phenoxy) is 1. The van der Waals surface area contributed by atoms with Crippen LogP contribution >= 0.6 is 0 Å². The summed E-state index contributed by atoms with van der Waals surface area (Å²) in [7, 11) is 0. The third-order valence-corrected chi connectivity index (χ3v) is 4.64. The van der Waals surface area contributed by atoms with Crippen molar-refractivity contribution < 1.29 is 14.3 Å². The normalized spacial score (nSPS) is 24.6. The van der Waals surface area contributed by atoms with Crippen LogP contribution in [0.2, 0.25) is 0 Å². The van der Waals surface area contributed by atoms with Gasteiger partial charge in [-0.05, 0) is 37.3 Å². The summed E-state index contributed by atoms with van der Waals surface area (Å²) in [5.41, 5.74) is 1.47. The maximum absolute atomic E-state index is 12.0. The zero-order chi connectivity index (χ0) is 16.1. The number of carbonyl (C=O) groups is 2. The van der Waals surface area contributed by atoms with Crippen LogP contribution in [-0.4, -0.2) is 24.5 Å². The Balaban J connectivity index is 1.81. The Labute approximate surface area is 132 Å². The number of esters is 1. The highest BCUT2D eigenvalue weighted by molar-refractivity contribution is 5.91. The minimum absolute atomic E-state index is 0.189. The molecule has 0 saturated heterocycles. The van der Waals surface area contributed by atoms with Crippen LogP contribution in [0.5, 0.6) is 0 Å². The van der Waals surface area contributed by atoms with Gasteiger partial charge in [0.1, 0.15) is 0 Å². The van der Waals surface area contributed by atoms with E-state index >= 15 is 0 Å². The van der Waals surface area contributed by atoms with Crippen molar-refractivity contribution in [3.05, 3.63) is 35.4 Å². The summed E-state index contributed by atoms with van der Waals surface area (Å²) < 4.78 is 5.10. The fourth-order valence-electron chi connectivity index (χ4n) is 3.02. The largest absolute Gasteiger partial charge is 0.452 e. The molecule has 120 valence electrons. The van der Waals surface area contributed by atoms with E-state index in [1.54, 1.807) is 18.2 Å². The molecule has 3 atom stereocenters. The highest BCUT2D eigenvalue weighted by atomic mass is 16.5. The topological polar surface area (TPSA) is 55.4 Å². The molecule has 1 aromatic rings. The standard InChI is InChI=1S/C18H25NO3/c1-12-6-4-8-15(10-12)18(21)22-11-17(20)19-16-9-5-7-13(2)14(16)3/h4,6,8,10,13-14,16H,5,7,9,11H2,1-3H3,(H,19,20)/t13-,14+,16+/m0/s1. The summed E-state index contributed by atoms with van der Waals surface area (Å²) in [6.45, 7) is 6.09. The first-order chi connectivity index (χ1) is 10.5. The average Bonchev–Trinajstić information content (AvgIpc) is 2.49. The van der Waals surface area contributed by atoms with Crippen molar-refractivity contribution in [1.29, 1.82) is 0 Å². The van der Waals surface area contributed by atoms with Gasteiger partial charge in [0.15, 0.2) is 6.61 Å². The molecule has 1 aliphatic carbocycles. The van der Waals surface area contributed by atoms with Gasteiger partial charge in [0.05, 0.1) is 5.56 Å². The molecule has 0 unspecified atom stereocenters. The van der Waals surface area contributed by atoms with Crippen molar-refractivity contribution in [3.8, 4) is 0 Å². The lowest BCUT2D eigenvalue weighted by atomic mass is 9.78. The van der Waals surface area contributed by atoms with E-state index in [2.05, 4.69) is 19.2 Å². The number of nitrogens with one attached hydrogen (secondary N) is 1. The Morgan fingerprint density at radius 1 is 1.27 bits per heavy atom. The van der Waals surface area contributed by atoms with Crippen LogP contribution in [0.25, 0.3) is 0 Å². The molecule has 1 saturated carbocycles. The molecule has 0 spiro atoms. The number of carbonyl (C=O) groups excluding carboxylic acids is 2. The number of rotatable bonds is 4. The van der Waals surface area contributed by atoms with Crippen LogP contribution in [-0.2, 0) is 9.53 Å². The molecule has 1 aromatic carbocycles. The lowest BCUT2D eigenvalue weighted by Gasteiger charge is -2.34. The molecule has 4 heteroatoms.